The Kier molecular flexibility index (Phi) is 7.82. The number of furan rings is 1. The molecular formula is C32H32N4O5S. The average Bonchev–Trinajstić information content (AvgIpc) is 3.61. The molecule has 1 fully saturated rings. The number of hydrogen-bond acceptors (Lipinski definition) is 9. The van der Waals surface area contributed by atoms with Crippen molar-refractivity contribution < 1.29 is 18.7 Å². The third-order valence-corrected chi connectivity index (χ3v) is 8.47. The molecule has 2 aromatic heterocycles. The van der Waals surface area contributed by atoms with Gasteiger partial charge in [0.15, 0.2) is 10.7 Å². The monoisotopic (exact) mass is 584 g/mol. The highest BCUT2D eigenvalue weighted by atomic mass is 32.1. The van der Waals surface area contributed by atoms with E-state index in [1.807, 2.05) is 66.7 Å². The number of carbonyl (C=O) groups excluding carboxylic acids is 1. The van der Waals surface area contributed by atoms with Crippen LogP contribution in [0.2, 0.25) is 0 Å². The molecule has 0 radical (unpaired) electrons. The minimum absolute atomic E-state index is 0.188. The number of hydrogen-bond donors (Lipinski definition) is 0. The summed E-state index contributed by atoms with van der Waals surface area (Å²) < 4.78 is 19.2. The zero-order valence-corrected chi connectivity index (χ0v) is 24.6. The third kappa shape index (κ3) is 5.31. The fourth-order valence-corrected chi connectivity index (χ4v) is 6.29. The van der Waals surface area contributed by atoms with Crippen LogP contribution in [0.3, 0.4) is 0 Å². The zero-order valence-electron chi connectivity index (χ0n) is 23.8. The van der Waals surface area contributed by atoms with Gasteiger partial charge in [0.1, 0.15) is 11.5 Å². The van der Waals surface area contributed by atoms with Crippen LogP contribution in [0.15, 0.2) is 86.5 Å². The zero-order chi connectivity index (χ0) is 29.2. The smallest absolute Gasteiger partial charge is 0.338 e. The molecule has 0 saturated carbocycles. The van der Waals surface area contributed by atoms with Crippen molar-refractivity contribution in [3.8, 4) is 5.75 Å². The van der Waals surface area contributed by atoms with Crippen LogP contribution in [0.25, 0.3) is 11.8 Å². The van der Waals surface area contributed by atoms with Gasteiger partial charge >= 0.3 is 5.97 Å². The van der Waals surface area contributed by atoms with Crippen LogP contribution in [-0.4, -0.2) is 62.4 Å². The number of ether oxygens (including phenoxy) is 2. The lowest BCUT2D eigenvalue weighted by Crippen LogP contribution is -2.44. The number of anilines is 1. The number of piperazine rings is 1. The van der Waals surface area contributed by atoms with E-state index in [1.165, 1.54) is 11.3 Å². The minimum atomic E-state index is -0.773. The molecule has 1 atom stereocenters. The molecule has 0 aliphatic carbocycles. The number of benzene rings is 2. The van der Waals surface area contributed by atoms with Crippen LogP contribution in [0.4, 0.5) is 5.88 Å². The van der Waals surface area contributed by atoms with Crippen molar-refractivity contribution >= 4 is 35.0 Å². The molecule has 9 nitrogen and oxygen atoms in total. The Morgan fingerprint density at radius 3 is 2.60 bits per heavy atom. The normalized spacial score (nSPS) is 17.6. The summed E-state index contributed by atoms with van der Waals surface area (Å²) in [5, 5.41) is 0. The lowest BCUT2D eigenvalue weighted by Gasteiger charge is -2.32. The maximum absolute atomic E-state index is 14.1. The fourth-order valence-electron chi connectivity index (χ4n) is 5.31. The van der Waals surface area contributed by atoms with Gasteiger partial charge in [-0.2, -0.15) is 0 Å². The van der Waals surface area contributed by atoms with E-state index in [2.05, 4.69) is 16.8 Å². The lowest BCUT2D eigenvalue weighted by molar-refractivity contribution is -0.138. The van der Waals surface area contributed by atoms with Gasteiger partial charge in [0.05, 0.1) is 35.6 Å². The van der Waals surface area contributed by atoms with Gasteiger partial charge < -0.3 is 23.7 Å². The van der Waals surface area contributed by atoms with Crippen LogP contribution in [0, 0.1) is 0 Å². The van der Waals surface area contributed by atoms with Crippen LogP contribution in [-0.2, 0) is 9.53 Å². The van der Waals surface area contributed by atoms with Gasteiger partial charge in [0.2, 0.25) is 0 Å². The Morgan fingerprint density at radius 2 is 1.86 bits per heavy atom. The molecule has 0 spiro atoms. The Labute approximate surface area is 247 Å². The second kappa shape index (κ2) is 11.8. The Morgan fingerprint density at radius 1 is 1.07 bits per heavy atom. The fraction of sp³-hybridized carbons (Fsp3) is 0.281. The Balaban J connectivity index is 1.52. The number of carbonyl (C=O) groups is 1. The Hall–Kier alpha value is -4.41. The quantitative estimate of drug-likeness (QED) is 0.308. The first-order valence-electron chi connectivity index (χ1n) is 13.9. The number of thiazole rings is 1. The lowest BCUT2D eigenvalue weighted by atomic mass is 9.93. The number of aromatic nitrogens is 1. The van der Waals surface area contributed by atoms with Gasteiger partial charge in [-0.3, -0.25) is 9.36 Å². The van der Waals surface area contributed by atoms with Crippen LogP contribution in [0.5, 0.6) is 5.75 Å². The SMILES string of the molecule is CCOC(=O)C1=C(c2ccccc2)N=c2s/c(=C/c3ccc(N4CCN(C)CC4)o3)c(=O)n2[C@@H]1c1cccc(OC)c1. The first-order valence-corrected chi connectivity index (χ1v) is 14.7. The molecule has 1 saturated heterocycles. The van der Waals surface area contributed by atoms with Crippen molar-refractivity contribution in [3.63, 3.8) is 0 Å². The maximum atomic E-state index is 14.1. The number of nitrogens with zero attached hydrogens (tertiary/aromatic N) is 4. The van der Waals surface area contributed by atoms with Crippen molar-refractivity contribution in [1.29, 1.82) is 0 Å². The summed E-state index contributed by atoms with van der Waals surface area (Å²) in [7, 11) is 3.70. The summed E-state index contributed by atoms with van der Waals surface area (Å²) in [4.78, 5) is 37.6. The highest BCUT2D eigenvalue weighted by Crippen LogP contribution is 2.36. The number of rotatable bonds is 7. The highest BCUT2D eigenvalue weighted by molar-refractivity contribution is 7.07. The van der Waals surface area contributed by atoms with Crippen LogP contribution >= 0.6 is 11.3 Å². The molecule has 42 heavy (non-hydrogen) atoms. The molecule has 4 aromatic rings. The second-order valence-electron chi connectivity index (χ2n) is 10.2. The highest BCUT2D eigenvalue weighted by Gasteiger charge is 2.35. The largest absolute Gasteiger partial charge is 0.497 e. The molecular weight excluding hydrogens is 552 g/mol. The number of methoxy groups -OCH3 is 1. The predicted octanol–water partition coefficient (Wildman–Crippen LogP) is 3.29. The molecule has 0 amide bonds. The van der Waals surface area contributed by atoms with Gasteiger partial charge in [0.25, 0.3) is 5.56 Å². The van der Waals surface area contributed by atoms with E-state index in [0.717, 1.165) is 37.6 Å². The van der Waals surface area contributed by atoms with E-state index < -0.39 is 12.0 Å². The van der Waals surface area contributed by atoms with Gasteiger partial charge in [0, 0.05) is 43.9 Å². The van der Waals surface area contributed by atoms with E-state index in [-0.39, 0.29) is 12.2 Å². The van der Waals surface area contributed by atoms with E-state index in [4.69, 9.17) is 18.9 Å². The molecule has 0 bridgehead atoms. The van der Waals surface area contributed by atoms with Crippen molar-refractivity contribution in [2.75, 3.05) is 51.8 Å². The summed E-state index contributed by atoms with van der Waals surface area (Å²) in [5.41, 5.74) is 1.98. The number of likely N-dealkylation sites (N-methyl/N-ethyl adjacent to an activating group) is 1. The molecule has 0 unspecified atom stereocenters. The summed E-state index contributed by atoms with van der Waals surface area (Å²) in [5.74, 6) is 1.46. The van der Waals surface area contributed by atoms with Crippen molar-refractivity contribution in [3.05, 3.63) is 109 Å². The molecule has 216 valence electrons. The standard InChI is InChI=1S/C32H32N4O5S/c1-4-40-31(38)27-28(21-9-6-5-7-10-21)33-32-36(29(27)22-11-8-12-23(19-22)39-3)30(37)25(42-32)20-24-13-14-26(41-24)35-17-15-34(2)16-18-35/h5-14,19-20,29H,4,15-18H2,1-3H3/b25-20+/t29-/m1/s1. The van der Waals surface area contributed by atoms with Gasteiger partial charge in [-0.1, -0.05) is 53.8 Å². The van der Waals surface area contributed by atoms with Crippen molar-refractivity contribution in [2.45, 2.75) is 13.0 Å². The van der Waals surface area contributed by atoms with Gasteiger partial charge in [-0.25, -0.2) is 9.79 Å². The molecule has 6 rings (SSSR count). The summed E-state index contributed by atoms with van der Waals surface area (Å²) >= 11 is 1.27. The second-order valence-corrected chi connectivity index (χ2v) is 11.2. The number of fused-ring (bicyclic) bond motifs is 1. The van der Waals surface area contributed by atoms with Crippen molar-refractivity contribution in [1.82, 2.24) is 9.47 Å². The van der Waals surface area contributed by atoms with Gasteiger partial charge in [-0.15, -0.1) is 0 Å². The van der Waals surface area contributed by atoms with Crippen molar-refractivity contribution in [2.24, 2.45) is 4.99 Å². The maximum Gasteiger partial charge on any atom is 0.338 e. The summed E-state index contributed by atoms with van der Waals surface area (Å²) in [6.07, 6.45) is 1.75. The van der Waals surface area contributed by atoms with E-state index in [0.29, 0.717) is 37.7 Å². The summed E-state index contributed by atoms with van der Waals surface area (Å²) in [6, 6.07) is 19.9. The summed E-state index contributed by atoms with van der Waals surface area (Å²) in [6.45, 7) is 5.64. The van der Waals surface area contributed by atoms with Crippen LogP contribution in [0.1, 0.15) is 29.9 Å². The molecule has 0 N–H and O–H groups in total. The molecule has 10 heteroatoms. The van der Waals surface area contributed by atoms with E-state index in [9.17, 15) is 9.59 Å². The third-order valence-electron chi connectivity index (χ3n) is 7.48. The van der Waals surface area contributed by atoms with E-state index >= 15 is 0 Å². The van der Waals surface area contributed by atoms with Crippen LogP contribution < -0.4 is 24.5 Å². The molecule has 2 aliphatic rings. The predicted molar refractivity (Wildman–Crippen MR) is 162 cm³/mol. The number of esters is 1. The first-order chi connectivity index (χ1) is 20.5. The molecule has 2 aliphatic heterocycles. The Bertz CT molecular complexity index is 1810. The average molecular weight is 585 g/mol. The first kappa shape index (κ1) is 27.7. The topological polar surface area (TPSA) is 89.5 Å². The molecule has 2 aromatic carbocycles. The molecule has 4 heterocycles. The van der Waals surface area contributed by atoms with E-state index in [1.54, 1.807) is 24.7 Å². The van der Waals surface area contributed by atoms with Gasteiger partial charge in [-0.05, 0) is 37.7 Å². The minimum Gasteiger partial charge on any atom is -0.497 e.